The molecule has 1 aliphatic rings. The molecule has 1 saturated heterocycles. The van der Waals surface area contributed by atoms with E-state index in [1.165, 1.54) is 16.3 Å². The van der Waals surface area contributed by atoms with Crippen LogP contribution in [0.3, 0.4) is 0 Å². The average Bonchev–Trinajstić information content (AvgIpc) is 2.81. The highest BCUT2D eigenvalue weighted by Gasteiger charge is 2.26. The predicted molar refractivity (Wildman–Crippen MR) is 124 cm³/mol. The molecule has 1 atom stereocenters. The summed E-state index contributed by atoms with van der Waals surface area (Å²) in [6, 6.07) is 24.0. The number of rotatable bonds is 5. The van der Waals surface area contributed by atoms with Crippen molar-refractivity contribution in [3.63, 3.8) is 0 Å². The number of carbonyl (C=O) groups excluding carboxylic acids is 2. The molecule has 31 heavy (non-hydrogen) atoms. The van der Waals surface area contributed by atoms with Gasteiger partial charge < -0.3 is 5.32 Å². The number of imide groups is 1. The lowest BCUT2D eigenvalue weighted by Gasteiger charge is -2.37. The maximum Gasteiger partial charge on any atom is 0.321 e. The van der Waals surface area contributed by atoms with Crippen molar-refractivity contribution in [2.45, 2.75) is 38.3 Å². The molecule has 0 spiro atoms. The second-order valence-corrected chi connectivity index (χ2v) is 8.13. The van der Waals surface area contributed by atoms with Crippen molar-refractivity contribution in [1.82, 2.24) is 15.5 Å². The first-order chi connectivity index (χ1) is 15.1. The zero-order chi connectivity index (χ0) is 21.6. The Balaban J connectivity index is 1.31. The van der Waals surface area contributed by atoms with Gasteiger partial charge in [0.2, 0.25) is 0 Å². The van der Waals surface area contributed by atoms with E-state index in [1.807, 2.05) is 6.07 Å². The van der Waals surface area contributed by atoms with E-state index in [0.29, 0.717) is 11.6 Å². The average molecular weight is 416 g/mol. The number of nitrogens with zero attached hydrogens (tertiary/aromatic N) is 1. The summed E-state index contributed by atoms with van der Waals surface area (Å²) in [6.45, 7) is 4.07. The SMILES string of the molecule is CCC(c1ccc2ccccc2c1)N1CCC(NC(=O)NC(=O)c2ccccc2)CC1. The van der Waals surface area contributed by atoms with Gasteiger partial charge in [0.15, 0.2) is 0 Å². The third-order valence-corrected chi connectivity index (χ3v) is 6.11. The molecule has 3 aromatic carbocycles. The van der Waals surface area contributed by atoms with Crippen LogP contribution in [0.2, 0.25) is 0 Å². The van der Waals surface area contributed by atoms with E-state index >= 15 is 0 Å². The van der Waals surface area contributed by atoms with Gasteiger partial charge in [-0.05, 0) is 53.8 Å². The molecule has 2 N–H and O–H groups in total. The number of carbonyl (C=O) groups is 2. The van der Waals surface area contributed by atoms with Gasteiger partial charge in [0.25, 0.3) is 5.91 Å². The van der Waals surface area contributed by atoms with E-state index < -0.39 is 6.03 Å². The maximum absolute atomic E-state index is 12.3. The third kappa shape index (κ3) is 5.12. The normalized spacial score (nSPS) is 16.0. The minimum Gasteiger partial charge on any atom is -0.335 e. The molecular weight excluding hydrogens is 386 g/mol. The Morgan fingerprint density at radius 1 is 0.935 bits per heavy atom. The van der Waals surface area contributed by atoms with Crippen molar-refractivity contribution in [2.75, 3.05) is 13.1 Å². The molecule has 0 radical (unpaired) electrons. The van der Waals surface area contributed by atoms with Crippen LogP contribution in [0.25, 0.3) is 10.8 Å². The van der Waals surface area contributed by atoms with Gasteiger partial charge >= 0.3 is 6.03 Å². The summed E-state index contributed by atoms with van der Waals surface area (Å²) >= 11 is 0. The summed E-state index contributed by atoms with van der Waals surface area (Å²) in [6.07, 6.45) is 2.79. The molecule has 3 aromatic rings. The number of amides is 3. The molecule has 0 aliphatic carbocycles. The molecule has 5 heteroatoms. The van der Waals surface area contributed by atoms with Crippen LogP contribution in [-0.4, -0.2) is 36.0 Å². The van der Waals surface area contributed by atoms with Crippen molar-refractivity contribution >= 4 is 22.7 Å². The first-order valence-electron chi connectivity index (χ1n) is 11.0. The van der Waals surface area contributed by atoms with Crippen LogP contribution in [0.5, 0.6) is 0 Å². The summed E-state index contributed by atoms with van der Waals surface area (Å²) in [5.74, 6) is -0.377. The fourth-order valence-electron chi connectivity index (χ4n) is 4.46. The topological polar surface area (TPSA) is 61.4 Å². The fourth-order valence-corrected chi connectivity index (χ4v) is 4.46. The molecule has 1 fully saturated rings. The summed E-state index contributed by atoms with van der Waals surface area (Å²) in [5.41, 5.74) is 1.83. The highest BCUT2D eigenvalue weighted by atomic mass is 16.2. The lowest BCUT2D eigenvalue weighted by molar-refractivity contribution is 0.0960. The number of hydrogen-bond donors (Lipinski definition) is 2. The van der Waals surface area contributed by atoms with E-state index in [4.69, 9.17) is 0 Å². The number of nitrogens with one attached hydrogen (secondary N) is 2. The lowest BCUT2D eigenvalue weighted by Crippen LogP contribution is -2.49. The van der Waals surface area contributed by atoms with E-state index in [9.17, 15) is 9.59 Å². The van der Waals surface area contributed by atoms with Crippen molar-refractivity contribution in [1.29, 1.82) is 0 Å². The number of fused-ring (bicyclic) bond motifs is 1. The van der Waals surface area contributed by atoms with Gasteiger partial charge in [-0.25, -0.2) is 4.79 Å². The van der Waals surface area contributed by atoms with E-state index in [1.54, 1.807) is 24.3 Å². The van der Waals surface area contributed by atoms with Gasteiger partial charge in [0, 0.05) is 30.7 Å². The standard InChI is InChI=1S/C26H29N3O2/c1-2-24(22-13-12-19-8-6-7-11-21(19)18-22)29-16-14-23(15-17-29)27-26(31)28-25(30)20-9-4-3-5-10-20/h3-13,18,23-24H,2,14-17H2,1H3,(H2,27,28,30,31). The molecule has 0 saturated carbocycles. The summed E-state index contributed by atoms with van der Waals surface area (Å²) < 4.78 is 0. The first-order valence-corrected chi connectivity index (χ1v) is 11.0. The van der Waals surface area contributed by atoms with E-state index in [-0.39, 0.29) is 11.9 Å². The zero-order valence-corrected chi connectivity index (χ0v) is 17.9. The number of benzene rings is 3. The van der Waals surface area contributed by atoms with Crippen LogP contribution in [0.4, 0.5) is 4.79 Å². The van der Waals surface area contributed by atoms with Crippen LogP contribution in [0, 0.1) is 0 Å². The first kappa shape index (κ1) is 21.1. The number of likely N-dealkylation sites (tertiary alicyclic amines) is 1. The Kier molecular flexibility index (Phi) is 6.63. The molecule has 1 unspecified atom stereocenters. The van der Waals surface area contributed by atoms with Crippen LogP contribution in [0.15, 0.2) is 72.8 Å². The molecule has 3 amide bonds. The lowest BCUT2D eigenvalue weighted by atomic mass is 9.96. The Bertz CT molecular complexity index is 1040. The largest absolute Gasteiger partial charge is 0.335 e. The monoisotopic (exact) mass is 415 g/mol. The smallest absolute Gasteiger partial charge is 0.321 e. The number of hydrogen-bond acceptors (Lipinski definition) is 3. The molecule has 5 nitrogen and oxygen atoms in total. The third-order valence-electron chi connectivity index (χ3n) is 6.11. The van der Waals surface area contributed by atoms with E-state index in [2.05, 4.69) is 64.9 Å². The molecule has 0 bridgehead atoms. The Hall–Kier alpha value is -3.18. The number of piperidine rings is 1. The summed E-state index contributed by atoms with van der Waals surface area (Å²) in [4.78, 5) is 26.9. The Morgan fingerprint density at radius 2 is 1.61 bits per heavy atom. The zero-order valence-electron chi connectivity index (χ0n) is 17.9. The van der Waals surface area contributed by atoms with Crippen LogP contribution in [-0.2, 0) is 0 Å². The summed E-state index contributed by atoms with van der Waals surface area (Å²) in [7, 11) is 0. The Labute approximate surface area is 183 Å². The van der Waals surface area contributed by atoms with Crippen LogP contribution < -0.4 is 10.6 Å². The Morgan fingerprint density at radius 3 is 2.32 bits per heavy atom. The van der Waals surface area contributed by atoms with Gasteiger partial charge in [0.05, 0.1) is 0 Å². The second-order valence-electron chi connectivity index (χ2n) is 8.13. The van der Waals surface area contributed by atoms with Gasteiger partial charge in [-0.2, -0.15) is 0 Å². The predicted octanol–water partition coefficient (Wildman–Crippen LogP) is 4.89. The molecular formula is C26H29N3O2. The van der Waals surface area contributed by atoms with Gasteiger partial charge in [0.1, 0.15) is 0 Å². The van der Waals surface area contributed by atoms with Gasteiger partial charge in [-0.3, -0.25) is 15.0 Å². The highest BCUT2D eigenvalue weighted by molar-refractivity contribution is 6.04. The van der Waals surface area contributed by atoms with E-state index in [0.717, 1.165) is 32.4 Å². The summed E-state index contributed by atoms with van der Waals surface area (Å²) in [5, 5.41) is 7.93. The highest BCUT2D eigenvalue weighted by Crippen LogP contribution is 2.29. The maximum atomic E-state index is 12.3. The molecule has 1 aliphatic heterocycles. The second kappa shape index (κ2) is 9.75. The van der Waals surface area contributed by atoms with Gasteiger partial charge in [-0.1, -0.05) is 61.5 Å². The fraction of sp³-hybridized carbons (Fsp3) is 0.308. The van der Waals surface area contributed by atoms with Crippen molar-refractivity contribution < 1.29 is 9.59 Å². The van der Waals surface area contributed by atoms with Crippen molar-refractivity contribution in [2.24, 2.45) is 0 Å². The van der Waals surface area contributed by atoms with Crippen LogP contribution >= 0.6 is 0 Å². The minimum atomic E-state index is -0.422. The quantitative estimate of drug-likeness (QED) is 0.623. The van der Waals surface area contributed by atoms with Crippen LogP contribution in [0.1, 0.15) is 48.1 Å². The molecule has 0 aromatic heterocycles. The van der Waals surface area contributed by atoms with Crippen molar-refractivity contribution in [3.8, 4) is 0 Å². The minimum absolute atomic E-state index is 0.0777. The number of urea groups is 1. The molecule has 4 rings (SSSR count). The van der Waals surface area contributed by atoms with Gasteiger partial charge in [-0.15, -0.1) is 0 Å². The molecule has 160 valence electrons. The molecule has 1 heterocycles. The van der Waals surface area contributed by atoms with Crippen molar-refractivity contribution in [3.05, 3.63) is 83.9 Å².